The number of rotatable bonds is 6. The van der Waals surface area contributed by atoms with Gasteiger partial charge < -0.3 is 19.2 Å². The summed E-state index contributed by atoms with van der Waals surface area (Å²) < 4.78 is 20.2. The summed E-state index contributed by atoms with van der Waals surface area (Å²) in [4.78, 5) is 11.6. The first-order chi connectivity index (χ1) is 11.2. The Morgan fingerprint density at radius 2 is 1.78 bits per heavy atom. The van der Waals surface area contributed by atoms with Crippen molar-refractivity contribution < 1.29 is 28.8 Å². The minimum Gasteiger partial charge on any atom is -0.493 e. The molecule has 0 spiro atoms. The summed E-state index contributed by atoms with van der Waals surface area (Å²) in [5.41, 5.74) is 2.31. The maximum absolute atomic E-state index is 11.6. The SMILES string of the molecule is COc1cccc(B(O)ONC(=O)Oc2ccccc2)c1OC. The molecule has 0 saturated heterocycles. The lowest BCUT2D eigenvalue weighted by Gasteiger charge is -2.14. The molecule has 120 valence electrons. The van der Waals surface area contributed by atoms with Gasteiger partial charge >= 0.3 is 13.2 Å². The number of amides is 1. The molecular weight excluding hydrogens is 301 g/mol. The Bertz CT molecular complexity index is 652. The van der Waals surface area contributed by atoms with Crippen LogP contribution in [0, 0.1) is 0 Å². The van der Waals surface area contributed by atoms with E-state index in [9.17, 15) is 9.82 Å². The van der Waals surface area contributed by atoms with E-state index in [1.165, 1.54) is 14.2 Å². The van der Waals surface area contributed by atoms with Gasteiger partial charge in [-0.2, -0.15) is 0 Å². The third-order valence-electron chi connectivity index (χ3n) is 2.91. The van der Waals surface area contributed by atoms with Gasteiger partial charge in [0.25, 0.3) is 0 Å². The first-order valence-electron chi connectivity index (χ1n) is 6.73. The van der Waals surface area contributed by atoms with Crippen LogP contribution in [-0.4, -0.2) is 32.5 Å². The van der Waals surface area contributed by atoms with Gasteiger partial charge in [0.15, 0.2) is 11.5 Å². The zero-order valence-electron chi connectivity index (χ0n) is 12.7. The Balaban J connectivity index is 1.97. The highest BCUT2D eigenvalue weighted by Gasteiger charge is 2.25. The molecule has 0 heterocycles. The standard InChI is InChI=1S/C15H16BNO6/c1-20-13-10-6-9-12(14(13)21-2)16(19)23-17-15(18)22-11-7-4-3-5-8-11/h3-10,19H,1-2H3,(H,17,18). The number of hydrogen-bond donors (Lipinski definition) is 2. The molecule has 2 N–H and O–H groups in total. The first-order valence-corrected chi connectivity index (χ1v) is 6.73. The van der Waals surface area contributed by atoms with Crippen molar-refractivity contribution in [1.29, 1.82) is 0 Å². The lowest BCUT2D eigenvalue weighted by atomic mass is 9.79. The molecule has 1 amide bonds. The van der Waals surface area contributed by atoms with Crippen LogP contribution in [0.5, 0.6) is 17.2 Å². The average Bonchev–Trinajstić information content (AvgIpc) is 2.59. The summed E-state index contributed by atoms with van der Waals surface area (Å²) in [7, 11) is 1.46. The zero-order valence-corrected chi connectivity index (χ0v) is 12.7. The van der Waals surface area contributed by atoms with Gasteiger partial charge in [-0.3, -0.25) is 4.76 Å². The second kappa shape index (κ2) is 8.07. The summed E-state index contributed by atoms with van der Waals surface area (Å²) in [6.45, 7) is 0. The van der Waals surface area contributed by atoms with Gasteiger partial charge in [-0.05, 0) is 18.2 Å². The quantitative estimate of drug-likeness (QED) is 0.613. The largest absolute Gasteiger partial charge is 0.518 e. The Hall–Kier alpha value is -2.71. The van der Waals surface area contributed by atoms with E-state index in [4.69, 9.17) is 19.0 Å². The molecule has 2 aromatic rings. The van der Waals surface area contributed by atoms with Gasteiger partial charge in [-0.15, -0.1) is 0 Å². The van der Waals surface area contributed by atoms with Crippen LogP contribution in [0.15, 0.2) is 48.5 Å². The van der Waals surface area contributed by atoms with E-state index in [0.29, 0.717) is 22.7 Å². The average molecular weight is 317 g/mol. The maximum Gasteiger partial charge on any atom is 0.518 e. The van der Waals surface area contributed by atoms with E-state index >= 15 is 0 Å². The van der Waals surface area contributed by atoms with Crippen molar-refractivity contribution in [2.45, 2.75) is 0 Å². The van der Waals surface area contributed by atoms with E-state index in [1.807, 2.05) is 5.48 Å². The second-order valence-electron chi connectivity index (χ2n) is 4.36. The number of methoxy groups -OCH3 is 2. The van der Waals surface area contributed by atoms with Crippen LogP contribution < -0.4 is 25.2 Å². The van der Waals surface area contributed by atoms with Gasteiger partial charge in [0.05, 0.1) is 14.2 Å². The van der Waals surface area contributed by atoms with Crippen LogP contribution in [0.3, 0.4) is 0 Å². The molecule has 0 aliphatic rings. The van der Waals surface area contributed by atoms with Crippen molar-refractivity contribution in [3.63, 3.8) is 0 Å². The van der Waals surface area contributed by atoms with Crippen LogP contribution in [-0.2, 0) is 4.76 Å². The molecule has 7 nitrogen and oxygen atoms in total. The summed E-state index contributed by atoms with van der Waals surface area (Å²) >= 11 is 0. The van der Waals surface area contributed by atoms with Crippen molar-refractivity contribution in [2.24, 2.45) is 0 Å². The topological polar surface area (TPSA) is 86.2 Å². The van der Waals surface area contributed by atoms with Gasteiger partial charge in [-0.25, -0.2) is 10.3 Å². The molecule has 23 heavy (non-hydrogen) atoms. The number of nitrogens with one attached hydrogen (secondary N) is 1. The lowest BCUT2D eigenvalue weighted by molar-refractivity contribution is 0.129. The summed E-state index contributed by atoms with van der Waals surface area (Å²) in [6.07, 6.45) is -0.864. The predicted octanol–water partition coefficient (Wildman–Crippen LogP) is 1.11. The molecule has 2 rings (SSSR count). The number of carbonyl (C=O) groups is 1. The number of benzene rings is 2. The van der Waals surface area contributed by atoms with E-state index < -0.39 is 13.2 Å². The third kappa shape index (κ3) is 4.38. The van der Waals surface area contributed by atoms with E-state index in [1.54, 1.807) is 48.5 Å². The van der Waals surface area contributed by atoms with Crippen molar-refractivity contribution in [2.75, 3.05) is 14.2 Å². The summed E-state index contributed by atoms with van der Waals surface area (Å²) in [5.74, 6) is 1.09. The normalized spacial score (nSPS) is 9.87. The second-order valence-corrected chi connectivity index (χ2v) is 4.36. The van der Waals surface area contributed by atoms with Gasteiger partial charge in [-0.1, -0.05) is 30.3 Å². The van der Waals surface area contributed by atoms with Crippen molar-refractivity contribution in [3.8, 4) is 17.2 Å². The van der Waals surface area contributed by atoms with Crippen LogP contribution >= 0.6 is 0 Å². The van der Waals surface area contributed by atoms with Crippen molar-refractivity contribution in [1.82, 2.24) is 5.48 Å². The molecule has 2 aromatic carbocycles. The van der Waals surface area contributed by atoms with Crippen LogP contribution in [0.1, 0.15) is 0 Å². The molecule has 0 atom stereocenters. The molecule has 0 saturated carbocycles. The monoisotopic (exact) mass is 317 g/mol. The molecule has 0 radical (unpaired) electrons. The first kappa shape index (κ1) is 16.7. The van der Waals surface area contributed by atoms with E-state index in [-0.39, 0.29) is 0 Å². The molecule has 0 aromatic heterocycles. The zero-order chi connectivity index (χ0) is 16.7. The molecule has 0 bridgehead atoms. The number of hydrogen-bond acceptors (Lipinski definition) is 6. The minimum atomic E-state index is -1.46. The molecular formula is C15H16BNO6. The van der Waals surface area contributed by atoms with Crippen LogP contribution in [0.25, 0.3) is 0 Å². The lowest BCUT2D eigenvalue weighted by Crippen LogP contribution is -2.42. The fraction of sp³-hybridized carbons (Fsp3) is 0.133. The molecule has 0 aliphatic heterocycles. The molecule has 0 fully saturated rings. The number of para-hydroxylation sites is 2. The number of ether oxygens (including phenoxy) is 3. The van der Waals surface area contributed by atoms with Gasteiger partial charge in [0.2, 0.25) is 0 Å². The predicted molar refractivity (Wildman–Crippen MR) is 83.8 cm³/mol. The van der Waals surface area contributed by atoms with Gasteiger partial charge in [0.1, 0.15) is 5.75 Å². The maximum atomic E-state index is 11.6. The van der Waals surface area contributed by atoms with Crippen LogP contribution in [0.2, 0.25) is 0 Å². The van der Waals surface area contributed by atoms with E-state index in [0.717, 1.165) is 0 Å². The Morgan fingerprint density at radius 1 is 1.04 bits per heavy atom. The fourth-order valence-corrected chi connectivity index (χ4v) is 1.89. The van der Waals surface area contributed by atoms with Crippen molar-refractivity contribution >= 4 is 18.7 Å². The number of hydroxylamine groups is 1. The summed E-state index contributed by atoms with van der Waals surface area (Å²) in [5, 5.41) is 10.0. The smallest absolute Gasteiger partial charge is 0.493 e. The highest BCUT2D eigenvalue weighted by molar-refractivity contribution is 6.61. The van der Waals surface area contributed by atoms with Crippen LogP contribution in [0.4, 0.5) is 4.79 Å². The summed E-state index contributed by atoms with van der Waals surface area (Å²) in [6, 6.07) is 13.4. The fourth-order valence-electron chi connectivity index (χ4n) is 1.89. The Labute approximate surface area is 133 Å². The molecule has 8 heteroatoms. The van der Waals surface area contributed by atoms with Gasteiger partial charge in [0, 0.05) is 5.46 Å². The van der Waals surface area contributed by atoms with E-state index in [2.05, 4.69) is 0 Å². The molecule has 0 unspecified atom stereocenters. The number of carbonyl (C=O) groups excluding carboxylic acids is 1. The third-order valence-corrected chi connectivity index (χ3v) is 2.91. The van der Waals surface area contributed by atoms with Crippen molar-refractivity contribution in [3.05, 3.63) is 48.5 Å². The Kier molecular flexibility index (Phi) is 5.84. The minimum absolute atomic E-state index is 0.298. The Morgan fingerprint density at radius 3 is 2.43 bits per heavy atom. The molecule has 0 aliphatic carbocycles. The highest BCUT2D eigenvalue weighted by Crippen LogP contribution is 2.23. The highest BCUT2D eigenvalue weighted by atomic mass is 16.7.